The zero-order valence-corrected chi connectivity index (χ0v) is 12.0. The van der Waals surface area contributed by atoms with Crippen molar-refractivity contribution in [2.75, 3.05) is 0 Å². The van der Waals surface area contributed by atoms with Gasteiger partial charge >= 0.3 is 0 Å². The SMILES string of the molecule is Brc1cc(Br)c2c(c1)C1C3C=CC(C3)C1C2. The third-order valence-corrected chi connectivity index (χ3v) is 5.78. The van der Waals surface area contributed by atoms with Crippen molar-refractivity contribution in [3.05, 3.63) is 44.4 Å². The fourth-order valence-corrected chi connectivity index (χ4v) is 5.46. The zero-order valence-electron chi connectivity index (χ0n) is 8.79. The first kappa shape index (κ1) is 9.90. The Morgan fingerprint density at radius 1 is 1.06 bits per heavy atom. The Kier molecular flexibility index (Phi) is 2.00. The minimum absolute atomic E-state index is 0.804. The number of rotatable bonds is 0. The fourth-order valence-electron chi connectivity index (χ4n) is 4.04. The summed E-state index contributed by atoms with van der Waals surface area (Å²) in [5.41, 5.74) is 3.17. The number of fused-ring (bicyclic) bond motifs is 7. The standard InChI is InChI=1S/C14H12Br2/c15-9-4-12-11(13(16)5-9)6-10-7-1-2-8(3-7)14(10)12/h1-2,4-5,7-8,10,14H,3,6H2. The molecule has 82 valence electrons. The molecule has 2 bridgehead atoms. The Morgan fingerprint density at radius 3 is 2.75 bits per heavy atom. The van der Waals surface area contributed by atoms with Crippen LogP contribution in [0, 0.1) is 17.8 Å². The van der Waals surface area contributed by atoms with Crippen LogP contribution in [0.2, 0.25) is 0 Å². The van der Waals surface area contributed by atoms with Crippen LogP contribution >= 0.6 is 31.9 Å². The second-order valence-corrected chi connectivity index (χ2v) is 7.07. The lowest BCUT2D eigenvalue weighted by Gasteiger charge is -2.20. The molecular formula is C14H12Br2. The highest BCUT2D eigenvalue weighted by molar-refractivity contribution is 9.11. The van der Waals surface area contributed by atoms with Crippen molar-refractivity contribution < 1.29 is 0 Å². The van der Waals surface area contributed by atoms with E-state index in [0.29, 0.717) is 0 Å². The van der Waals surface area contributed by atoms with Crippen molar-refractivity contribution in [1.82, 2.24) is 0 Å². The molecule has 0 N–H and O–H groups in total. The Bertz CT molecular complexity index is 504. The Morgan fingerprint density at radius 2 is 1.88 bits per heavy atom. The predicted molar refractivity (Wildman–Crippen MR) is 72.5 cm³/mol. The molecule has 3 aliphatic rings. The van der Waals surface area contributed by atoms with Gasteiger partial charge in [-0.3, -0.25) is 0 Å². The number of allylic oxidation sites excluding steroid dienone is 2. The van der Waals surface area contributed by atoms with Gasteiger partial charge in [0.25, 0.3) is 0 Å². The monoisotopic (exact) mass is 338 g/mol. The van der Waals surface area contributed by atoms with Gasteiger partial charge in [0, 0.05) is 8.95 Å². The van der Waals surface area contributed by atoms with Crippen molar-refractivity contribution in [3.8, 4) is 0 Å². The highest BCUT2D eigenvalue weighted by Crippen LogP contribution is 2.59. The van der Waals surface area contributed by atoms with E-state index in [0.717, 1.165) is 23.7 Å². The normalized spacial score (nSPS) is 37.9. The van der Waals surface area contributed by atoms with E-state index in [4.69, 9.17) is 0 Å². The minimum Gasteiger partial charge on any atom is -0.0848 e. The molecule has 1 aromatic carbocycles. The van der Waals surface area contributed by atoms with E-state index in [9.17, 15) is 0 Å². The average Bonchev–Trinajstić information content (AvgIpc) is 2.86. The van der Waals surface area contributed by atoms with Gasteiger partial charge in [0.1, 0.15) is 0 Å². The van der Waals surface area contributed by atoms with E-state index in [2.05, 4.69) is 56.1 Å². The smallest absolute Gasteiger partial charge is 0.0221 e. The molecule has 0 aliphatic heterocycles. The maximum absolute atomic E-state index is 3.72. The van der Waals surface area contributed by atoms with Gasteiger partial charge < -0.3 is 0 Å². The van der Waals surface area contributed by atoms with E-state index in [1.54, 1.807) is 11.1 Å². The molecule has 3 aliphatic carbocycles. The van der Waals surface area contributed by atoms with E-state index in [1.165, 1.54) is 21.8 Å². The van der Waals surface area contributed by atoms with Crippen LogP contribution < -0.4 is 0 Å². The van der Waals surface area contributed by atoms with Crippen LogP contribution in [-0.2, 0) is 6.42 Å². The van der Waals surface area contributed by atoms with Gasteiger partial charge in [0.15, 0.2) is 0 Å². The Labute approximate surface area is 112 Å². The molecule has 4 atom stereocenters. The largest absolute Gasteiger partial charge is 0.0848 e. The van der Waals surface area contributed by atoms with E-state index in [1.807, 2.05) is 0 Å². The van der Waals surface area contributed by atoms with Crippen molar-refractivity contribution in [2.45, 2.75) is 18.8 Å². The summed E-state index contributed by atoms with van der Waals surface area (Å²) in [5.74, 6) is 3.36. The first-order valence-electron chi connectivity index (χ1n) is 5.90. The molecule has 4 rings (SSSR count). The first-order chi connectivity index (χ1) is 7.74. The topological polar surface area (TPSA) is 0 Å². The van der Waals surface area contributed by atoms with Gasteiger partial charge in [0.2, 0.25) is 0 Å². The number of hydrogen-bond acceptors (Lipinski definition) is 0. The van der Waals surface area contributed by atoms with Crippen LogP contribution in [0.3, 0.4) is 0 Å². The van der Waals surface area contributed by atoms with E-state index in [-0.39, 0.29) is 0 Å². The molecule has 0 saturated heterocycles. The van der Waals surface area contributed by atoms with Gasteiger partial charge in [-0.25, -0.2) is 0 Å². The molecule has 2 heteroatoms. The first-order valence-corrected chi connectivity index (χ1v) is 7.49. The quantitative estimate of drug-likeness (QED) is 0.602. The van der Waals surface area contributed by atoms with Crippen molar-refractivity contribution in [2.24, 2.45) is 17.8 Å². The van der Waals surface area contributed by atoms with Crippen LogP contribution in [-0.4, -0.2) is 0 Å². The highest BCUT2D eigenvalue weighted by Gasteiger charge is 2.49. The zero-order chi connectivity index (χ0) is 10.9. The summed E-state index contributed by atoms with van der Waals surface area (Å²) in [4.78, 5) is 0. The Hall–Kier alpha value is -0.0800. The van der Waals surface area contributed by atoms with E-state index < -0.39 is 0 Å². The number of halogens is 2. The van der Waals surface area contributed by atoms with Crippen molar-refractivity contribution in [3.63, 3.8) is 0 Å². The minimum atomic E-state index is 0.804. The molecule has 0 heterocycles. The summed E-state index contributed by atoms with van der Waals surface area (Å²) in [6.45, 7) is 0. The molecule has 1 fully saturated rings. The van der Waals surface area contributed by atoms with Gasteiger partial charge in [0.05, 0.1) is 0 Å². The summed E-state index contributed by atoms with van der Waals surface area (Å²) in [5, 5.41) is 0. The number of hydrogen-bond donors (Lipinski definition) is 0. The van der Waals surface area contributed by atoms with Crippen LogP contribution in [0.4, 0.5) is 0 Å². The summed E-state index contributed by atoms with van der Waals surface area (Å²) >= 11 is 7.33. The molecule has 1 saturated carbocycles. The van der Waals surface area contributed by atoms with Gasteiger partial charge in [-0.15, -0.1) is 0 Å². The lowest BCUT2D eigenvalue weighted by Crippen LogP contribution is -2.12. The molecular weight excluding hydrogens is 328 g/mol. The van der Waals surface area contributed by atoms with Gasteiger partial charge in [-0.05, 0) is 59.8 Å². The average molecular weight is 340 g/mol. The molecule has 4 unspecified atom stereocenters. The molecule has 16 heavy (non-hydrogen) atoms. The molecule has 0 aromatic heterocycles. The maximum Gasteiger partial charge on any atom is 0.0221 e. The second kappa shape index (κ2) is 3.23. The third kappa shape index (κ3) is 1.15. The predicted octanol–water partition coefficient (Wildman–Crippen LogP) is 4.67. The van der Waals surface area contributed by atoms with E-state index >= 15 is 0 Å². The van der Waals surface area contributed by atoms with Crippen LogP contribution in [0.15, 0.2) is 33.2 Å². The summed E-state index contributed by atoms with van der Waals surface area (Å²) < 4.78 is 2.51. The lowest BCUT2D eigenvalue weighted by molar-refractivity contribution is 0.426. The van der Waals surface area contributed by atoms with Gasteiger partial charge in [-0.2, -0.15) is 0 Å². The molecule has 0 amide bonds. The number of benzene rings is 1. The van der Waals surface area contributed by atoms with Crippen molar-refractivity contribution >= 4 is 31.9 Å². The van der Waals surface area contributed by atoms with Gasteiger partial charge in [-0.1, -0.05) is 44.0 Å². The maximum atomic E-state index is 3.72. The van der Waals surface area contributed by atoms with Crippen LogP contribution in [0.1, 0.15) is 23.5 Å². The Balaban J connectivity index is 1.90. The fraction of sp³-hybridized carbons (Fsp3) is 0.429. The summed E-state index contributed by atoms with van der Waals surface area (Å²) in [6.07, 6.45) is 7.59. The third-order valence-electron chi connectivity index (χ3n) is 4.62. The summed E-state index contributed by atoms with van der Waals surface area (Å²) in [7, 11) is 0. The van der Waals surface area contributed by atoms with Crippen LogP contribution in [0.5, 0.6) is 0 Å². The molecule has 0 nitrogen and oxygen atoms in total. The molecule has 1 aromatic rings. The molecule has 0 spiro atoms. The highest BCUT2D eigenvalue weighted by atomic mass is 79.9. The van der Waals surface area contributed by atoms with Crippen LogP contribution in [0.25, 0.3) is 0 Å². The second-order valence-electron chi connectivity index (χ2n) is 5.30. The van der Waals surface area contributed by atoms with Crippen molar-refractivity contribution in [1.29, 1.82) is 0 Å². The molecule has 0 radical (unpaired) electrons. The lowest BCUT2D eigenvalue weighted by atomic mass is 9.84. The summed E-state index contributed by atoms with van der Waals surface area (Å²) in [6, 6.07) is 4.54.